The van der Waals surface area contributed by atoms with E-state index in [0.29, 0.717) is 19.1 Å². The molecule has 2 rings (SSSR count). The molecular weight excluding hydrogens is 234 g/mol. The second-order valence-corrected chi connectivity index (χ2v) is 4.61. The lowest BCUT2D eigenvalue weighted by Crippen LogP contribution is -2.42. The summed E-state index contributed by atoms with van der Waals surface area (Å²) in [5, 5.41) is 16.0. The minimum Gasteiger partial charge on any atom is -0.395 e. The van der Waals surface area contributed by atoms with E-state index in [1.807, 2.05) is 0 Å². The summed E-state index contributed by atoms with van der Waals surface area (Å²) in [6.07, 6.45) is 3.72. The van der Waals surface area contributed by atoms with Gasteiger partial charge in [-0.2, -0.15) is 0 Å². The van der Waals surface area contributed by atoms with Crippen molar-refractivity contribution in [2.45, 2.75) is 25.8 Å². The zero-order valence-corrected chi connectivity index (χ0v) is 10.6. The molecule has 6 heteroatoms. The number of rotatable bonds is 5. The zero-order chi connectivity index (χ0) is 13.0. The van der Waals surface area contributed by atoms with E-state index in [-0.39, 0.29) is 18.3 Å². The van der Waals surface area contributed by atoms with Crippen LogP contribution in [-0.4, -0.2) is 53.4 Å². The van der Waals surface area contributed by atoms with Gasteiger partial charge in [-0.25, -0.2) is 0 Å². The Bertz CT molecular complexity index is 399. The van der Waals surface area contributed by atoms with Crippen LogP contribution in [0.2, 0.25) is 0 Å². The van der Waals surface area contributed by atoms with Crippen LogP contribution in [-0.2, 0) is 0 Å². The number of aliphatic hydroxyl groups excluding tert-OH is 1. The monoisotopic (exact) mass is 253 g/mol. The highest BCUT2D eigenvalue weighted by Crippen LogP contribution is 2.13. The molecule has 18 heavy (non-hydrogen) atoms. The number of amides is 1. The predicted octanol–water partition coefficient (Wildman–Crippen LogP) is 0.170. The van der Waals surface area contributed by atoms with Crippen molar-refractivity contribution in [2.24, 2.45) is 0 Å². The molecule has 1 unspecified atom stereocenters. The number of aromatic nitrogens is 1. The number of hydrogen-bond acceptors (Lipinski definition) is 5. The Balaban J connectivity index is 2.04. The van der Waals surface area contributed by atoms with Gasteiger partial charge >= 0.3 is 0 Å². The molecule has 1 aromatic rings. The smallest absolute Gasteiger partial charge is 0.292 e. The molecule has 1 fully saturated rings. The summed E-state index contributed by atoms with van der Waals surface area (Å²) in [5.74, 6) is 0.0641. The molecule has 0 radical (unpaired) electrons. The highest BCUT2D eigenvalue weighted by molar-refractivity contribution is 5.92. The molecule has 0 saturated carbocycles. The molecule has 0 spiro atoms. The molecule has 2 N–H and O–H groups in total. The molecule has 0 aromatic carbocycles. The fourth-order valence-electron chi connectivity index (χ4n) is 2.22. The molecule has 1 saturated heterocycles. The Morgan fingerprint density at radius 1 is 1.72 bits per heavy atom. The van der Waals surface area contributed by atoms with Gasteiger partial charge in [0.25, 0.3) is 5.91 Å². The first-order valence-corrected chi connectivity index (χ1v) is 6.27. The summed E-state index contributed by atoms with van der Waals surface area (Å²) in [6.45, 7) is 3.64. The third-order valence-corrected chi connectivity index (χ3v) is 3.20. The molecule has 2 heterocycles. The van der Waals surface area contributed by atoms with Crippen LogP contribution < -0.4 is 5.32 Å². The second kappa shape index (κ2) is 5.97. The topological polar surface area (TPSA) is 78.6 Å². The summed E-state index contributed by atoms with van der Waals surface area (Å²) in [6, 6.07) is 0.309. The average Bonchev–Trinajstić information content (AvgIpc) is 2.99. The van der Waals surface area contributed by atoms with Gasteiger partial charge in [0.2, 0.25) is 5.76 Å². The van der Waals surface area contributed by atoms with E-state index in [1.165, 1.54) is 6.20 Å². The summed E-state index contributed by atoms with van der Waals surface area (Å²) in [5.41, 5.74) is 0.724. The summed E-state index contributed by atoms with van der Waals surface area (Å²) in [7, 11) is 0. The minimum atomic E-state index is -0.201. The van der Waals surface area contributed by atoms with Crippen LogP contribution in [0.15, 0.2) is 10.7 Å². The maximum atomic E-state index is 12.3. The van der Waals surface area contributed by atoms with Crippen molar-refractivity contribution < 1.29 is 14.4 Å². The van der Waals surface area contributed by atoms with Gasteiger partial charge in [0.1, 0.15) is 0 Å². The third-order valence-electron chi connectivity index (χ3n) is 3.20. The summed E-state index contributed by atoms with van der Waals surface area (Å²) < 4.78 is 4.97. The van der Waals surface area contributed by atoms with Crippen molar-refractivity contribution in [1.82, 2.24) is 15.4 Å². The SMILES string of the molecule is Cc1cnoc1C(=O)N(CCO)CC1CCCN1. The zero-order valence-electron chi connectivity index (χ0n) is 10.6. The van der Waals surface area contributed by atoms with E-state index >= 15 is 0 Å². The molecule has 1 aromatic heterocycles. The van der Waals surface area contributed by atoms with Crippen LogP contribution >= 0.6 is 0 Å². The number of carbonyl (C=O) groups excluding carboxylic acids is 1. The van der Waals surface area contributed by atoms with Crippen LogP contribution in [0.5, 0.6) is 0 Å². The Kier molecular flexibility index (Phi) is 4.33. The molecule has 6 nitrogen and oxygen atoms in total. The van der Waals surface area contributed by atoms with E-state index in [9.17, 15) is 4.79 Å². The van der Waals surface area contributed by atoms with Crippen molar-refractivity contribution in [2.75, 3.05) is 26.2 Å². The minimum absolute atomic E-state index is 0.0500. The standard InChI is InChI=1S/C12H19N3O3/c1-9-7-14-18-11(9)12(17)15(5-6-16)8-10-3-2-4-13-10/h7,10,13,16H,2-6,8H2,1H3. The lowest BCUT2D eigenvalue weighted by atomic mass is 10.2. The van der Waals surface area contributed by atoms with Gasteiger partial charge in [-0.3, -0.25) is 4.79 Å². The largest absolute Gasteiger partial charge is 0.395 e. The molecular formula is C12H19N3O3. The summed E-state index contributed by atoms with van der Waals surface area (Å²) >= 11 is 0. The lowest BCUT2D eigenvalue weighted by Gasteiger charge is -2.24. The van der Waals surface area contributed by atoms with Crippen LogP contribution in [0, 0.1) is 6.92 Å². The van der Waals surface area contributed by atoms with E-state index < -0.39 is 0 Å². The molecule has 1 atom stereocenters. The van der Waals surface area contributed by atoms with Crippen LogP contribution in [0.25, 0.3) is 0 Å². The highest BCUT2D eigenvalue weighted by atomic mass is 16.5. The first-order valence-electron chi connectivity index (χ1n) is 6.27. The Morgan fingerprint density at radius 2 is 2.56 bits per heavy atom. The predicted molar refractivity (Wildman–Crippen MR) is 65.3 cm³/mol. The van der Waals surface area contributed by atoms with Gasteiger partial charge in [0.05, 0.1) is 12.8 Å². The van der Waals surface area contributed by atoms with Gasteiger partial charge in [-0.05, 0) is 26.3 Å². The van der Waals surface area contributed by atoms with E-state index in [4.69, 9.17) is 9.63 Å². The molecule has 1 aliphatic rings. The third kappa shape index (κ3) is 2.88. The Hall–Kier alpha value is -1.40. The number of aliphatic hydroxyl groups is 1. The van der Waals surface area contributed by atoms with Gasteiger partial charge in [0.15, 0.2) is 0 Å². The number of hydrogen-bond donors (Lipinski definition) is 2. The van der Waals surface area contributed by atoms with Gasteiger partial charge in [-0.15, -0.1) is 0 Å². The fraction of sp³-hybridized carbons (Fsp3) is 0.667. The maximum absolute atomic E-state index is 12.3. The molecule has 1 amide bonds. The summed E-state index contributed by atoms with van der Waals surface area (Å²) in [4.78, 5) is 13.9. The van der Waals surface area contributed by atoms with Crippen molar-refractivity contribution >= 4 is 5.91 Å². The van der Waals surface area contributed by atoms with Gasteiger partial charge < -0.3 is 19.8 Å². The first kappa shape index (κ1) is 13.0. The normalized spacial score (nSPS) is 19.1. The van der Waals surface area contributed by atoms with Crippen molar-refractivity contribution in [3.05, 3.63) is 17.5 Å². The molecule has 0 bridgehead atoms. The van der Waals surface area contributed by atoms with Crippen LogP contribution in [0.3, 0.4) is 0 Å². The van der Waals surface area contributed by atoms with Crippen molar-refractivity contribution in [1.29, 1.82) is 0 Å². The van der Waals surface area contributed by atoms with Gasteiger partial charge in [0, 0.05) is 24.7 Å². The second-order valence-electron chi connectivity index (χ2n) is 4.61. The average molecular weight is 253 g/mol. The number of nitrogens with zero attached hydrogens (tertiary/aromatic N) is 2. The number of aryl methyl sites for hydroxylation is 1. The Labute approximate surface area is 106 Å². The van der Waals surface area contributed by atoms with Crippen LogP contribution in [0.1, 0.15) is 29.0 Å². The van der Waals surface area contributed by atoms with E-state index in [0.717, 1.165) is 24.9 Å². The quantitative estimate of drug-likeness (QED) is 0.782. The first-order chi connectivity index (χ1) is 8.72. The maximum Gasteiger partial charge on any atom is 0.292 e. The molecule has 100 valence electrons. The molecule has 0 aliphatic carbocycles. The van der Waals surface area contributed by atoms with Gasteiger partial charge in [-0.1, -0.05) is 5.16 Å². The van der Waals surface area contributed by atoms with Crippen LogP contribution in [0.4, 0.5) is 0 Å². The van der Waals surface area contributed by atoms with E-state index in [2.05, 4.69) is 10.5 Å². The molecule has 1 aliphatic heterocycles. The Morgan fingerprint density at radius 3 is 3.11 bits per heavy atom. The fourth-order valence-corrected chi connectivity index (χ4v) is 2.22. The van der Waals surface area contributed by atoms with Crippen molar-refractivity contribution in [3.63, 3.8) is 0 Å². The van der Waals surface area contributed by atoms with Crippen molar-refractivity contribution in [3.8, 4) is 0 Å². The number of nitrogens with one attached hydrogen (secondary N) is 1. The highest BCUT2D eigenvalue weighted by Gasteiger charge is 2.25. The van der Waals surface area contributed by atoms with E-state index in [1.54, 1.807) is 11.8 Å². The number of carbonyl (C=O) groups is 1. The lowest BCUT2D eigenvalue weighted by molar-refractivity contribution is 0.0664.